The van der Waals surface area contributed by atoms with Gasteiger partial charge < -0.3 is 14.7 Å². The number of carbonyl (C=O) groups excluding carboxylic acids is 1. The van der Waals surface area contributed by atoms with Crippen molar-refractivity contribution >= 4 is 33.3 Å². The fourth-order valence-corrected chi connectivity index (χ4v) is 7.35. The number of phenols is 1. The average Bonchev–Trinajstić information content (AvgIpc) is 3.51. The van der Waals surface area contributed by atoms with Gasteiger partial charge in [-0.1, -0.05) is 13.0 Å². The Morgan fingerprint density at radius 2 is 1.93 bits per heavy atom. The lowest BCUT2D eigenvalue weighted by atomic mass is 9.94. The molecule has 46 heavy (non-hydrogen) atoms. The highest BCUT2D eigenvalue weighted by Crippen LogP contribution is 2.42. The molecule has 13 heteroatoms. The molecule has 3 saturated heterocycles. The highest BCUT2D eigenvalue weighted by Gasteiger charge is 2.49. The van der Waals surface area contributed by atoms with Crippen LogP contribution in [-0.2, 0) is 11.2 Å². The lowest BCUT2D eigenvalue weighted by molar-refractivity contribution is -0.142. The minimum atomic E-state index is -3.51. The molecule has 3 aliphatic heterocycles. The van der Waals surface area contributed by atoms with Crippen LogP contribution < -0.4 is 9.64 Å². The lowest BCUT2D eigenvalue weighted by Gasteiger charge is -2.31. The van der Waals surface area contributed by atoms with E-state index in [1.165, 1.54) is 35.4 Å². The van der Waals surface area contributed by atoms with E-state index in [1.807, 2.05) is 4.90 Å². The zero-order chi connectivity index (χ0) is 32.4. The van der Waals surface area contributed by atoms with Gasteiger partial charge in [0, 0.05) is 50.7 Å². The van der Waals surface area contributed by atoms with Crippen LogP contribution in [0, 0.1) is 11.6 Å². The maximum absolute atomic E-state index is 16.7. The Hall–Kier alpha value is -4.13. The predicted octanol–water partition coefficient (Wildman–Crippen LogP) is 6.15. The summed E-state index contributed by atoms with van der Waals surface area (Å²) < 4.78 is 80.8. The number of aryl methyl sites for hydroxylation is 1. The molecule has 2 atom stereocenters. The van der Waals surface area contributed by atoms with Crippen molar-refractivity contribution < 1.29 is 36.6 Å². The molecule has 1 N–H and O–H groups in total. The number of phenolic OH excluding ortho intramolecular Hbond substituents is 1. The zero-order valence-electron chi connectivity index (χ0n) is 25.1. The first-order chi connectivity index (χ1) is 22.0. The summed E-state index contributed by atoms with van der Waals surface area (Å²) in [6.45, 7) is 2.49. The van der Waals surface area contributed by atoms with Crippen LogP contribution in [0.4, 0.5) is 27.8 Å². The Morgan fingerprint density at radius 3 is 2.74 bits per heavy atom. The second-order valence-corrected chi connectivity index (χ2v) is 12.5. The molecule has 0 unspecified atom stereocenters. The highest BCUT2D eigenvalue weighted by atomic mass is 19.3. The molecule has 0 bridgehead atoms. The van der Waals surface area contributed by atoms with Crippen LogP contribution in [0.2, 0.25) is 0 Å². The van der Waals surface area contributed by atoms with Crippen molar-refractivity contribution in [2.75, 3.05) is 37.7 Å². The van der Waals surface area contributed by atoms with Gasteiger partial charge >= 0.3 is 11.9 Å². The number of ketones is 1. The van der Waals surface area contributed by atoms with E-state index in [0.717, 1.165) is 13.0 Å². The number of benzene rings is 2. The number of aromatic nitrogens is 3. The van der Waals surface area contributed by atoms with Crippen molar-refractivity contribution in [1.29, 1.82) is 0 Å². The van der Waals surface area contributed by atoms with Gasteiger partial charge in [0.25, 0.3) is 0 Å². The van der Waals surface area contributed by atoms with Crippen molar-refractivity contribution in [3.05, 3.63) is 47.7 Å². The Balaban J connectivity index is 1.38. The summed E-state index contributed by atoms with van der Waals surface area (Å²) in [5.74, 6) is -6.20. The number of fused-ring (bicyclic) bond motifs is 3. The minimum Gasteiger partial charge on any atom is -0.508 e. The molecule has 0 saturated carbocycles. The molecule has 4 aromatic rings. The van der Waals surface area contributed by atoms with Crippen LogP contribution in [-0.4, -0.2) is 81.2 Å². The molecule has 2 aromatic heterocycles. The van der Waals surface area contributed by atoms with Crippen molar-refractivity contribution in [2.24, 2.45) is 0 Å². The van der Waals surface area contributed by atoms with Crippen LogP contribution in [0.5, 0.6) is 11.8 Å². The number of hydrogen-bond donors (Lipinski definition) is 1. The number of nitrogens with zero attached hydrogens (tertiary/aromatic N) is 5. The van der Waals surface area contributed by atoms with Crippen LogP contribution in [0.1, 0.15) is 44.6 Å². The monoisotopic (exact) mass is 641 g/mol. The largest absolute Gasteiger partial charge is 0.508 e. The van der Waals surface area contributed by atoms with Gasteiger partial charge in [0.05, 0.1) is 10.9 Å². The molecule has 8 nitrogen and oxygen atoms in total. The van der Waals surface area contributed by atoms with E-state index in [2.05, 4.69) is 15.0 Å². The number of Topliss-reactive ketones (excluding diaryl/α,β-unsaturated/α-hetero) is 1. The van der Waals surface area contributed by atoms with Crippen molar-refractivity contribution in [2.45, 2.75) is 63.1 Å². The highest BCUT2D eigenvalue weighted by molar-refractivity contribution is 6.02. The summed E-state index contributed by atoms with van der Waals surface area (Å²) in [6.07, 6.45) is 1.25. The van der Waals surface area contributed by atoms with Gasteiger partial charge in [0.2, 0.25) is 5.78 Å². The smallest absolute Gasteiger partial charge is 0.319 e. The first kappa shape index (κ1) is 30.5. The molecule has 5 heterocycles. The second-order valence-electron chi connectivity index (χ2n) is 12.5. The summed E-state index contributed by atoms with van der Waals surface area (Å²) in [5, 5.41) is 11.5. The number of aromatic hydroxyl groups is 1. The van der Waals surface area contributed by atoms with Crippen LogP contribution in [0.3, 0.4) is 0 Å². The van der Waals surface area contributed by atoms with Crippen molar-refractivity contribution in [1.82, 2.24) is 19.9 Å². The van der Waals surface area contributed by atoms with Crippen molar-refractivity contribution in [3.8, 4) is 23.0 Å². The Kier molecular flexibility index (Phi) is 7.49. The third-order valence-corrected chi connectivity index (χ3v) is 9.65. The fourth-order valence-electron chi connectivity index (χ4n) is 7.35. The maximum Gasteiger partial charge on any atom is 0.319 e. The molecule has 2 aromatic carbocycles. The minimum absolute atomic E-state index is 0.0464. The summed E-state index contributed by atoms with van der Waals surface area (Å²) in [5.41, 5.74) is -0.529. The first-order valence-electron chi connectivity index (χ1n) is 15.5. The Bertz CT molecular complexity index is 1870. The number of anilines is 1. The standard InChI is InChI=1S/C33H32F5N5O3/c1-2-21-24(35)5-4-18-12-20(44)13-22(26(18)21)28-27(36)29-23(15-39-28)30(42-10-6-25(45)33(37,38)8-11-42)41-31(40-29)46-17-32-7-3-9-43(32)16-19(34)14-32/h4-5,12-13,15,19,44H,2-3,6-11,14,16-17H2,1H3/t19-,32+/m1/s1. The third kappa shape index (κ3) is 5.08. The van der Waals surface area contributed by atoms with Gasteiger partial charge in [0.1, 0.15) is 41.4 Å². The summed E-state index contributed by atoms with van der Waals surface area (Å²) in [7, 11) is 0. The second kappa shape index (κ2) is 11.3. The van der Waals surface area contributed by atoms with E-state index in [4.69, 9.17) is 4.74 Å². The van der Waals surface area contributed by atoms with E-state index < -0.39 is 47.9 Å². The first-order valence-corrected chi connectivity index (χ1v) is 15.5. The molecular weight excluding hydrogens is 609 g/mol. The number of hydrogen-bond acceptors (Lipinski definition) is 8. The van der Waals surface area contributed by atoms with Crippen LogP contribution in [0.15, 0.2) is 30.5 Å². The predicted molar refractivity (Wildman–Crippen MR) is 161 cm³/mol. The molecule has 0 aliphatic carbocycles. The average molecular weight is 642 g/mol. The van der Waals surface area contributed by atoms with E-state index in [0.29, 0.717) is 29.3 Å². The summed E-state index contributed by atoms with van der Waals surface area (Å²) in [4.78, 5) is 28.9. The summed E-state index contributed by atoms with van der Waals surface area (Å²) in [6, 6.07) is 5.31. The van der Waals surface area contributed by atoms with Crippen molar-refractivity contribution in [3.63, 3.8) is 0 Å². The van der Waals surface area contributed by atoms with E-state index in [9.17, 15) is 27.5 Å². The van der Waals surface area contributed by atoms with Gasteiger partial charge in [0.15, 0.2) is 5.82 Å². The topological polar surface area (TPSA) is 91.7 Å². The van der Waals surface area contributed by atoms with Gasteiger partial charge in [-0.05, 0) is 60.3 Å². The van der Waals surface area contributed by atoms with Gasteiger partial charge in [-0.25, -0.2) is 13.2 Å². The van der Waals surface area contributed by atoms with E-state index in [-0.39, 0.29) is 72.3 Å². The zero-order valence-corrected chi connectivity index (χ0v) is 25.1. The van der Waals surface area contributed by atoms with Gasteiger partial charge in [-0.2, -0.15) is 18.7 Å². The molecule has 3 aliphatic rings. The number of rotatable bonds is 6. The number of alkyl halides is 3. The normalized spacial score (nSPS) is 23.3. The number of halogens is 5. The molecule has 7 rings (SSSR count). The van der Waals surface area contributed by atoms with Crippen LogP contribution in [0.25, 0.3) is 32.9 Å². The molecular formula is C33H32F5N5O3. The van der Waals surface area contributed by atoms with Gasteiger partial charge in [-0.15, -0.1) is 0 Å². The molecule has 0 amide bonds. The molecule has 242 valence electrons. The summed E-state index contributed by atoms with van der Waals surface area (Å²) >= 11 is 0. The SMILES string of the molecule is CCc1c(F)ccc2cc(O)cc(-c3ncc4c(N5CCC(=O)C(F)(F)CC5)nc(OC[C@@]56CCCN5C[C@H](F)C6)nc4c3F)c12. The van der Waals surface area contributed by atoms with E-state index >= 15 is 4.39 Å². The lowest BCUT2D eigenvalue weighted by Crippen LogP contribution is -2.43. The molecule has 0 spiro atoms. The molecule has 3 fully saturated rings. The maximum atomic E-state index is 16.7. The Labute approximate surface area is 261 Å². The van der Waals surface area contributed by atoms with Gasteiger partial charge in [-0.3, -0.25) is 14.7 Å². The fraction of sp³-hybridized carbons (Fsp3) is 0.455. The number of pyridine rings is 1. The van der Waals surface area contributed by atoms with E-state index in [1.54, 1.807) is 6.92 Å². The number of carbonyl (C=O) groups is 1. The van der Waals surface area contributed by atoms with Crippen LogP contribution >= 0.6 is 0 Å². The molecule has 0 radical (unpaired) electrons. The quantitative estimate of drug-likeness (QED) is 0.251. The Morgan fingerprint density at radius 1 is 1.11 bits per heavy atom. The third-order valence-electron chi connectivity index (χ3n) is 9.65. The number of ether oxygens (including phenoxy) is 1.